The average molecular weight is 335 g/mol. The highest BCUT2D eigenvalue weighted by Crippen LogP contribution is 2.22. The highest BCUT2D eigenvalue weighted by atomic mass is 79.9. The predicted octanol–water partition coefficient (Wildman–Crippen LogP) is 3.03. The van der Waals surface area contributed by atoms with Gasteiger partial charge in [-0.1, -0.05) is 15.9 Å². The van der Waals surface area contributed by atoms with Crippen LogP contribution >= 0.6 is 15.9 Å². The summed E-state index contributed by atoms with van der Waals surface area (Å²) in [5.74, 6) is -0.326. The second kappa shape index (κ2) is 5.63. The molecule has 0 unspecified atom stereocenters. The van der Waals surface area contributed by atoms with Crippen molar-refractivity contribution in [1.82, 2.24) is 4.98 Å². The molecule has 5 heteroatoms. The van der Waals surface area contributed by atoms with Gasteiger partial charge in [-0.3, -0.25) is 9.59 Å². The van der Waals surface area contributed by atoms with Crippen LogP contribution < -0.4 is 10.5 Å². The number of carbonyl (C=O) groups is 1. The summed E-state index contributed by atoms with van der Waals surface area (Å²) in [6.07, 6.45) is 0. The Kier molecular flexibility index (Phi) is 4.09. The Labute approximate surface area is 125 Å². The minimum atomic E-state index is -0.365. The van der Waals surface area contributed by atoms with E-state index in [1.54, 1.807) is 26.1 Å². The molecule has 1 aromatic carbocycles. The molecule has 104 valence electrons. The number of pyridine rings is 1. The van der Waals surface area contributed by atoms with Crippen LogP contribution in [-0.4, -0.2) is 17.9 Å². The number of aromatic amines is 1. The SMILES string of the molecule is Cc1ccc(C(=O)N(C)c2ccc(Br)c(C)c2)c(=O)[nH]1. The number of anilines is 1. The zero-order chi connectivity index (χ0) is 14.9. The molecule has 0 atom stereocenters. The van der Waals surface area contributed by atoms with Gasteiger partial charge in [0.05, 0.1) is 0 Å². The van der Waals surface area contributed by atoms with Gasteiger partial charge in [-0.25, -0.2) is 0 Å². The van der Waals surface area contributed by atoms with E-state index in [2.05, 4.69) is 20.9 Å². The van der Waals surface area contributed by atoms with Gasteiger partial charge in [0.1, 0.15) is 5.56 Å². The third-order valence-electron chi connectivity index (χ3n) is 3.12. The summed E-state index contributed by atoms with van der Waals surface area (Å²) >= 11 is 3.42. The minimum absolute atomic E-state index is 0.138. The fourth-order valence-corrected chi connectivity index (χ4v) is 2.12. The molecule has 0 aliphatic rings. The number of H-pyrrole nitrogens is 1. The lowest BCUT2D eigenvalue weighted by atomic mass is 10.2. The van der Waals surface area contributed by atoms with Crippen molar-refractivity contribution in [3.8, 4) is 0 Å². The maximum Gasteiger partial charge on any atom is 0.263 e. The van der Waals surface area contributed by atoms with E-state index < -0.39 is 0 Å². The molecular formula is C15H15BrN2O2. The minimum Gasteiger partial charge on any atom is -0.326 e. The quantitative estimate of drug-likeness (QED) is 0.917. The molecule has 0 fully saturated rings. The van der Waals surface area contributed by atoms with Crippen molar-refractivity contribution in [2.24, 2.45) is 0 Å². The van der Waals surface area contributed by atoms with E-state index in [4.69, 9.17) is 0 Å². The molecule has 20 heavy (non-hydrogen) atoms. The van der Waals surface area contributed by atoms with E-state index in [9.17, 15) is 9.59 Å². The largest absolute Gasteiger partial charge is 0.326 e. The lowest BCUT2D eigenvalue weighted by Gasteiger charge is -2.18. The van der Waals surface area contributed by atoms with Crippen LogP contribution in [-0.2, 0) is 0 Å². The van der Waals surface area contributed by atoms with Gasteiger partial charge in [0.2, 0.25) is 0 Å². The molecular weight excluding hydrogens is 320 g/mol. The first-order valence-electron chi connectivity index (χ1n) is 6.14. The van der Waals surface area contributed by atoms with Gasteiger partial charge >= 0.3 is 0 Å². The molecule has 0 saturated carbocycles. The van der Waals surface area contributed by atoms with Crippen LogP contribution in [0.15, 0.2) is 39.6 Å². The van der Waals surface area contributed by atoms with Crippen molar-refractivity contribution in [3.63, 3.8) is 0 Å². The van der Waals surface area contributed by atoms with Gasteiger partial charge in [-0.15, -0.1) is 0 Å². The Morgan fingerprint density at radius 1 is 1.20 bits per heavy atom. The molecule has 1 heterocycles. The first-order valence-corrected chi connectivity index (χ1v) is 6.93. The van der Waals surface area contributed by atoms with Crippen molar-refractivity contribution in [1.29, 1.82) is 0 Å². The topological polar surface area (TPSA) is 53.2 Å². The molecule has 0 bridgehead atoms. The highest BCUT2D eigenvalue weighted by molar-refractivity contribution is 9.10. The van der Waals surface area contributed by atoms with Gasteiger partial charge in [0.25, 0.3) is 11.5 Å². The van der Waals surface area contributed by atoms with Gasteiger partial charge in [0, 0.05) is 22.9 Å². The van der Waals surface area contributed by atoms with Crippen LogP contribution in [0.2, 0.25) is 0 Å². The molecule has 1 N–H and O–H groups in total. The maximum absolute atomic E-state index is 12.4. The van der Waals surface area contributed by atoms with Crippen LogP contribution in [0, 0.1) is 13.8 Å². The first-order chi connectivity index (χ1) is 9.40. The number of benzene rings is 1. The summed E-state index contributed by atoms with van der Waals surface area (Å²) in [4.78, 5) is 28.3. The number of hydrogen-bond acceptors (Lipinski definition) is 2. The van der Waals surface area contributed by atoms with Crippen LogP contribution in [0.25, 0.3) is 0 Å². The van der Waals surface area contributed by atoms with Crippen LogP contribution in [0.4, 0.5) is 5.69 Å². The summed E-state index contributed by atoms with van der Waals surface area (Å²) < 4.78 is 0.982. The lowest BCUT2D eigenvalue weighted by molar-refractivity contribution is 0.0991. The van der Waals surface area contributed by atoms with Crippen molar-refractivity contribution in [3.05, 3.63) is 62.0 Å². The summed E-state index contributed by atoms with van der Waals surface area (Å²) in [5, 5.41) is 0. The van der Waals surface area contributed by atoms with Crippen LogP contribution in [0.1, 0.15) is 21.6 Å². The van der Waals surface area contributed by atoms with E-state index in [-0.39, 0.29) is 17.0 Å². The Morgan fingerprint density at radius 2 is 1.90 bits per heavy atom. The second-order valence-electron chi connectivity index (χ2n) is 4.68. The molecule has 4 nitrogen and oxygen atoms in total. The molecule has 0 aliphatic carbocycles. The summed E-state index contributed by atoms with van der Waals surface area (Å²) in [6, 6.07) is 8.88. The van der Waals surface area contributed by atoms with Crippen molar-refractivity contribution in [2.75, 3.05) is 11.9 Å². The number of aryl methyl sites for hydroxylation is 2. The normalized spacial score (nSPS) is 10.4. The highest BCUT2D eigenvalue weighted by Gasteiger charge is 2.17. The second-order valence-corrected chi connectivity index (χ2v) is 5.54. The Morgan fingerprint density at radius 3 is 2.50 bits per heavy atom. The fraction of sp³-hybridized carbons (Fsp3) is 0.200. The summed E-state index contributed by atoms with van der Waals surface area (Å²) in [5.41, 5.74) is 2.28. The number of halogens is 1. The average Bonchev–Trinajstić information content (AvgIpc) is 2.40. The number of amides is 1. The summed E-state index contributed by atoms with van der Waals surface area (Å²) in [7, 11) is 1.66. The monoisotopic (exact) mass is 334 g/mol. The third kappa shape index (κ3) is 2.82. The first kappa shape index (κ1) is 14.5. The molecule has 2 rings (SSSR count). The smallest absolute Gasteiger partial charge is 0.263 e. The summed E-state index contributed by atoms with van der Waals surface area (Å²) in [6.45, 7) is 3.72. The lowest BCUT2D eigenvalue weighted by Crippen LogP contribution is -2.31. The molecule has 0 aliphatic heterocycles. The van der Waals surface area contributed by atoms with Crippen molar-refractivity contribution >= 4 is 27.5 Å². The number of carbonyl (C=O) groups excluding carboxylic acids is 1. The zero-order valence-corrected chi connectivity index (χ0v) is 13.1. The van der Waals surface area contributed by atoms with Crippen LogP contribution in [0.5, 0.6) is 0 Å². The maximum atomic E-state index is 12.4. The number of nitrogens with zero attached hydrogens (tertiary/aromatic N) is 1. The van der Waals surface area contributed by atoms with Crippen molar-refractivity contribution in [2.45, 2.75) is 13.8 Å². The van der Waals surface area contributed by atoms with E-state index in [1.807, 2.05) is 25.1 Å². The predicted molar refractivity (Wildman–Crippen MR) is 83.4 cm³/mol. The molecule has 1 amide bonds. The number of rotatable bonds is 2. The van der Waals surface area contributed by atoms with Gasteiger partial charge < -0.3 is 9.88 Å². The van der Waals surface area contributed by atoms with E-state index in [1.165, 1.54) is 4.90 Å². The van der Waals surface area contributed by atoms with E-state index in [0.717, 1.165) is 21.4 Å². The van der Waals surface area contributed by atoms with Crippen molar-refractivity contribution < 1.29 is 4.79 Å². The van der Waals surface area contributed by atoms with E-state index >= 15 is 0 Å². The fourth-order valence-electron chi connectivity index (χ4n) is 1.88. The number of nitrogens with one attached hydrogen (secondary N) is 1. The molecule has 2 aromatic rings. The van der Waals surface area contributed by atoms with Gasteiger partial charge in [-0.05, 0) is 49.7 Å². The standard InChI is InChI=1S/C15H15BrN2O2/c1-9-8-11(5-7-13(9)16)18(3)15(20)12-6-4-10(2)17-14(12)19/h4-8H,1-3H3,(H,17,19). The molecule has 0 spiro atoms. The van der Waals surface area contributed by atoms with Crippen LogP contribution in [0.3, 0.4) is 0 Å². The Bertz CT molecular complexity index is 722. The number of hydrogen-bond donors (Lipinski definition) is 1. The Hall–Kier alpha value is -1.88. The molecule has 1 aromatic heterocycles. The zero-order valence-electron chi connectivity index (χ0n) is 11.5. The Balaban J connectivity index is 2.37. The van der Waals surface area contributed by atoms with Gasteiger partial charge in [0.15, 0.2) is 0 Å². The number of aromatic nitrogens is 1. The molecule has 0 saturated heterocycles. The third-order valence-corrected chi connectivity index (χ3v) is 4.01. The molecule has 0 radical (unpaired) electrons. The van der Waals surface area contributed by atoms with Gasteiger partial charge in [-0.2, -0.15) is 0 Å². The van der Waals surface area contributed by atoms with E-state index in [0.29, 0.717) is 0 Å².